The Labute approximate surface area is 241 Å². The molecular formula is C31H38Cl2N2O4. The maximum atomic E-state index is 13.5. The lowest BCUT2D eigenvalue weighted by Gasteiger charge is -2.56. The maximum absolute atomic E-state index is 13.5. The van der Waals surface area contributed by atoms with Gasteiger partial charge in [0.15, 0.2) is 0 Å². The molecule has 39 heavy (non-hydrogen) atoms. The van der Waals surface area contributed by atoms with E-state index in [-0.39, 0.29) is 41.8 Å². The van der Waals surface area contributed by atoms with Gasteiger partial charge in [0, 0.05) is 51.5 Å². The molecule has 0 N–H and O–H groups in total. The first kappa shape index (κ1) is 28.4. The Bertz CT molecular complexity index is 1220. The van der Waals surface area contributed by atoms with Crippen LogP contribution in [0, 0.1) is 11.8 Å². The normalized spacial score (nSPS) is 27.1. The number of carbonyl (C=O) groups is 2. The van der Waals surface area contributed by atoms with Crippen LogP contribution in [0.15, 0.2) is 42.5 Å². The number of hydrogen-bond acceptors (Lipinski definition) is 5. The lowest BCUT2D eigenvalue weighted by Crippen LogP contribution is -2.61. The number of benzene rings is 2. The summed E-state index contributed by atoms with van der Waals surface area (Å²) in [7, 11) is 3.70. The largest absolute Gasteiger partial charge is 0.427 e. The molecule has 0 radical (unpaired) electrons. The molecule has 210 valence electrons. The van der Waals surface area contributed by atoms with Crippen LogP contribution in [0.4, 0.5) is 0 Å². The minimum absolute atomic E-state index is 0.00311. The molecule has 1 saturated heterocycles. The van der Waals surface area contributed by atoms with Gasteiger partial charge >= 0.3 is 5.97 Å². The van der Waals surface area contributed by atoms with Crippen molar-refractivity contribution >= 4 is 35.1 Å². The molecule has 0 aromatic heterocycles. The van der Waals surface area contributed by atoms with E-state index in [1.54, 1.807) is 19.2 Å². The van der Waals surface area contributed by atoms with E-state index in [0.29, 0.717) is 15.8 Å². The minimum Gasteiger partial charge on any atom is -0.427 e. The maximum Gasteiger partial charge on any atom is 0.308 e. The van der Waals surface area contributed by atoms with Crippen molar-refractivity contribution in [2.24, 2.45) is 11.8 Å². The lowest BCUT2D eigenvalue weighted by atomic mass is 9.56. The van der Waals surface area contributed by atoms with Gasteiger partial charge in [0.05, 0.1) is 22.6 Å². The Balaban J connectivity index is 1.44. The van der Waals surface area contributed by atoms with Gasteiger partial charge in [-0.1, -0.05) is 41.4 Å². The van der Waals surface area contributed by atoms with Crippen LogP contribution >= 0.6 is 23.2 Å². The van der Waals surface area contributed by atoms with Gasteiger partial charge in [0.2, 0.25) is 5.91 Å². The molecule has 1 unspecified atom stereocenters. The zero-order valence-corrected chi connectivity index (χ0v) is 24.5. The van der Waals surface area contributed by atoms with Crippen LogP contribution in [-0.2, 0) is 26.2 Å². The summed E-state index contributed by atoms with van der Waals surface area (Å²) in [5.41, 5.74) is 1.81. The van der Waals surface area contributed by atoms with Crippen molar-refractivity contribution in [3.05, 3.63) is 63.6 Å². The van der Waals surface area contributed by atoms with Crippen LogP contribution in [0.2, 0.25) is 10.0 Å². The molecule has 1 heterocycles. The summed E-state index contributed by atoms with van der Waals surface area (Å²) in [5, 5.41) is 0.933. The van der Waals surface area contributed by atoms with E-state index in [9.17, 15) is 9.59 Å². The molecule has 3 fully saturated rings. The number of amides is 1. The zero-order chi connectivity index (χ0) is 27.7. The number of carbonyl (C=O) groups excluding carboxylic acids is 2. The number of ether oxygens (including phenoxy) is 2. The van der Waals surface area contributed by atoms with Crippen molar-refractivity contribution in [2.75, 3.05) is 33.8 Å². The molecule has 2 aromatic rings. The second-order valence-corrected chi connectivity index (χ2v) is 12.4. The highest BCUT2D eigenvalue weighted by Crippen LogP contribution is 2.51. The van der Waals surface area contributed by atoms with Crippen molar-refractivity contribution in [3.8, 4) is 5.75 Å². The van der Waals surface area contributed by atoms with Crippen LogP contribution in [0.3, 0.4) is 0 Å². The topological polar surface area (TPSA) is 59.1 Å². The third-order valence-electron chi connectivity index (χ3n) is 9.06. The number of likely N-dealkylation sites (N-methyl/N-ethyl adjacent to an activating group) is 1. The van der Waals surface area contributed by atoms with E-state index in [2.05, 4.69) is 11.0 Å². The molecule has 2 aliphatic carbocycles. The van der Waals surface area contributed by atoms with E-state index in [0.717, 1.165) is 55.9 Å². The number of rotatable bonds is 8. The molecule has 4 atom stereocenters. The Hall–Kier alpha value is -2.12. The van der Waals surface area contributed by atoms with Crippen LogP contribution in [0.25, 0.3) is 0 Å². The Morgan fingerprint density at radius 2 is 1.92 bits per heavy atom. The highest BCUT2D eigenvalue weighted by atomic mass is 35.5. The summed E-state index contributed by atoms with van der Waals surface area (Å²) in [6.07, 6.45) is 5.52. The first-order valence-corrected chi connectivity index (χ1v) is 14.7. The second kappa shape index (κ2) is 11.8. The number of esters is 1. The molecule has 8 heteroatoms. The van der Waals surface area contributed by atoms with Crippen LogP contribution in [-0.4, -0.2) is 67.6 Å². The summed E-state index contributed by atoms with van der Waals surface area (Å²) >= 11 is 12.3. The average molecular weight is 574 g/mol. The molecule has 6 nitrogen and oxygen atoms in total. The van der Waals surface area contributed by atoms with Gasteiger partial charge < -0.3 is 19.3 Å². The fraction of sp³-hybridized carbons (Fsp3) is 0.548. The summed E-state index contributed by atoms with van der Waals surface area (Å²) in [6.45, 7) is 4.56. The van der Waals surface area contributed by atoms with Crippen molar-refractivity contribution in [3.63, 3.8) is 0 Å². The smallest absolute Gasteiger partial charge is 0.308 e. The Kier molecular flexibility index (Phi) is 8.58. The molecule has 0 bridgehead atoms. The number of halogens is 2. The fourth-order valence-corrected chi connectivity index (χ4v) is 7.12. The summed E-state index contributed by atoms with van der Waals surface area (Å²) in [6, 6.07) is 13.4. The van der Waals surface area contributed by atoms with E-state index < -0.39 is 0 Å². The fourth-order valence-electron chi connectivity index (χ4n) is 6.80. The standard InChI is InChI=1S/C31H38Cl2N2O4/c1-20(36)39-25-6-4-5-23(15-25)31-11-12-35(18-21-7-8-21)19-26(31)29(38-3)16-24(17-31)34(2)30(37)14-22-9-10-27(32)28(33)13-22/h4-6,9-10,13,15,21,24,26,29H,7-8,11-12,14,16-19H2,1-3H3/t24-,26-,29?,31-/m0/s1. The van der Waals surface area contributed by atoms with Gasteiger partial charge in [-0.3, -0.25) is 9.59 Å². The highest BCUT2D eigenvalue weighted by molar-refractivity contribution is 6.42. The molecule has 2 aromatic carbocycles. The van der Waals surface area contributed by atoms with Crippen molar-refractivity contribution < 1.29 is 19.1 Å². The molecule has 3 aliphatic rings. The van der Waals surface area contributed by atoms with E-state index >= 15 is 0 Å². The van der Waals surface area contributed by atoms with Gasteiger partial charge in [-0.05, 0) is 80.0 Å². The van der Waals surface area contributed by atoms with Crippen molar-refractivity contribution in [1.29, 1.82) is 0 Å². The van der Waals surface area contributed by atoms with Gasteiger partial charge in [0.25, 0.3) is 0 Å². The number of methoxy groups -OCH3 is 1. The first-order chi connectivity index (χ1) is 18.7. The molecular weight excluding hydrogens is 535 g/mol. The molecule has 1 amide bonds. The van der Waals surface area contributed by atoms with Gasteiger partial charge in [0.1, 0.15) is 5.75 Å². The quantitative estimate of drug-likeness (QED) is 0.297. The summed E-state index contributed by atoms with van der Waals surface area (Å²) < 4.78 is 11.7. The molecule has 2 saturated carbocycles. The van der Waals surface area contributed by atoms with Crippen LogP contribution in [0.5, 0.6) is 5.75 Å². The number of piperidine rings is 1. The third kappa shape index (κ3) is 6.30. The summed E-state index contributed by atoms with van der Waals surface area (Å²) in [5.74, 6) is 1.38. The molecule has 5 rings (SSSR count). The first-order valence-electron chi connectivity index (χ1n) is 13.9. The van der Waals surface area contributed by atoms with Crippen LogP contribution < -0.4 is 4.74 Å². The Morgan fingerprint density at radius 3 is 2.62 bits per heavy atom. The van der Waals surface area contributed by atoms with Gasteiger partial charge in [-0.2, -0.15) is 0 Å². The number of hydrogen-bond donors (Lipinski definition) is 0. The van der Waals surface area contributed by atoms with Gasteiger partial charge in [-0.15, -0.1) is 0 Å². The summed E-state index contributed by atoms with van der Waals surface area (Å²) in [4.78, 5) is 29.7. The van der Waals surface area contributed by atoms with Crippen LogP contribution in [0.1, 0.15) is 50.2 Å². The molecule has 0 spiro atoms. The lowest BCUT2D eigenvalue weighted by molar-refractivity contribution is -0.137. The van der Waals surface area contributed by atoms with E-state index in [4.69, 9.17) is 32.7 Å². The third-order valence-corrected chi connectivity index (χ3v) is 9.80. The number of likely N-dealkylation sites (tertiary alicyclic amines) is 1. The monoisotopic (exact) mass is 572 g/mol. The predicted octanol–water partition coefficient (Wildman–Crippen LogP) is 5.77. The number of nitrogens with zero attached hydrogens (tertiary/aromatic N) is 2. The SMILES string of the molecule is COC1C[C@H](N(C)C(=O)Cc2ccc(Cl)c(Cl)c2)C[C@]2(c3cccc(OC(C)=O)c3)CCN(CC3CC3)C[C@@H]12. The number of fused-ring (bicyclic) bond motifs is 1. The van der Waals surface area contributed by atoms with Gasteiger partial charge in [-0.25, -0.2) is 0 Å². The highest BCUT2D eigenvalue weighted by Gasteiger charge is 2.53. The average Bonchev–Trinajstić information content (AvgIpc) is 3.73. The Morgan fingerprint density at radius 1 is 1.13 bits per heavy atom. The van der Waals surface area contributed by atoms with E-state index in [1.165, 1.54) is 19.8 Å². The second-order valence-electron chi connectivity index (χ2n) is 11.6. The van der Waals surface area contributed by atoms with E-state index in [1.807, 2.05) is 36.2 Å². The minimum atomic E-state index is -0.329. The van der Waals surface area contributed by atoms with Crippen molar-refractivity contribution in [1.82, 2.24) is 9.80 Å². The zero-order valence-electron chi connectivity index (χ0n) is 23.0. The van der Waals surface area contributed by atoms with Crippen molar-refractivity contribution in [2.45, 2.75) is 63.0 Å². The molecule has 1 aliphatic heterocycles. The predicted molar refractivity (Wildman–Crippen MR) is 153 cm³/mol.